The fourth-order valence-electron chi connectivity index (χ4n) is 4.34. The van der Waals surface area contributed by atoms with Gasteiger partial charge in [0, 0.05) is 35.6 Å². The van der Waals surface area contributed by atoms with Gasteiger partial charge in [-0.1, -0.05) is 0 Å². The van der Waals surface area contributed by atoms with Crippen LogP contribution in [0.3, 0.4) is 0 Å². The van der Waals surface area contributed by atoms with E-state index in [1.54, 1.807) is 49.7 Å². The van der Waals surface area contributed by atoms with Crippen molar-refractivity contribution in [3.8, 4) is 23.0 Å². The predicted octanol–water partition coefficient (Wildman–Crippen LogP) is 5.18. The lowest BCUT2D eigenvalue weighted by molar-refractivity contribution is -0.131. The summed E-state index contributed by atoms with van der Waals surface area (Å²) in [6.45, 7) is 2.58. The van der Waals surface area contributed by atoms with Gasteiger partial charge in [0.1, 0.15) is 29.3 Å². The van der Waals surface area contributed by atoms with Gasteiger partial charge >= 0.3 is 0 Å². The maximum Gasteiger partial charge on any atom is 0.240 e. The molecule has 4 N–H and O–H groups in total. The number of nitrogens with zero attached hydrogens (tertiary/aromatic N) is 1. The number of benzene rings is 3. The van der Waals surface area contributed by atoms with Crippen molar-refractivity contribution in [2.24, 2.45) is 11.1 Å². The van der Waals surface area contributed by atoms with E-state index < -0.39 is 17.1 Å². The quantitative estimate of drug-likeness (QED) is 0.235. The fraction of sp³-hybridized carbons (Fsp3) is 0.233. The van der Waals surface area contributed by atoms with Gasteiger partial charge < -0.3 is 30.6 Å². The Hall–Kier alpha value is -4.70. The van der Waals surface area contributed by atoms with Gasteiger partial charge in [0.2, 0.25) is 11.8 Å². The fourth-order valence-corrected chi connectivity index (χ4v) is 4.34. The van der Waals surface area contributed by atoms with Crippen molar-refractivity contribution in [2.45, 2.75) is 19.8 Å². The Kier molecular flexibility index (Phi) is 7.52. The molecule has 1 aliphatic carbocycles. The summed E-state index contributed by atoms with van der Waals surface area (Å²) in [6.07, 6.45) is 2.51. The molecule has 1 aliphatic rings. The molecule has 10 heteroatoms. The molecule has 0 saturated heterocycles. The molecule has 0 unspecified atom stereocenters. The number of fused-ring (bicyclic) bond motifs is 1. The number of aryl methyl sites for hydroxylation is 1. The number of pyridine rings is 1. The highest BCUT2D eigenvalue weighted by atomic mass is 19.1. The Bertz CT molecular complexity index is 1570. The summed E-state index contributed by atoms with van der Waals surface area (Å²) in [4.78, 5) is 30.3. The van der Waals surface area contributed by atoms with Crippen LogP contribution in [-0.4, -0.2) is 37.1 Å². The molecular formula is C30H29FN4O5. The van der Waals surface area contributed by atoms with E-state index in [0.29, 0.717) is 65.9 Å². The second kappa shape index (κ2) is 11.2. The smallest absolute Gasteiger partial charge is 0.240 e. The average Bonchev–Trinajstić information content (AvgIpc) is 3.77. The van der Waals surface area contributed by atoms with Crippen LogP contribution in [0.1, 0.15) is 18.4 Å². The topological polar surface area (TPSA) is 125 Å². The van der Waals surface area contributed by atoms with E-state index in [4.69, 9.17) is 19.9 Å². The highest BCUT2D eigenvalue weighted by Crippen LogP contribution is 2.47. The van der Waals surface area contributed by atoms with Gasteiger partial charge in [-0.3, -0.25) is 14.6 Å². The minimum absolute atomic E-state index is 0.347. The van der Waals surface area contributed by atoms with Crippen molar-refractivity contribution in [2.75, 3.05) is 30.9 Å². The third-order valence-electron chi connectivity index (χ3n) is 6.74. The van der Waals surface area contributed by atoms with Gasteiger partial charge in [-0.2, -0.15) is 0 Å². The van der Waals surface area contributed by atoms with Gasteiger partial charge in [-0.05, 0) is 79.9 Å². The third-order valence-corrected chi connectivity index (χ3v) is 6.74. The van der Waals surface area contributed by atoms with E-state index in [0.717, 1.165) is 10.9 Å². The standard InChI is InChI=1S/C30H29FN4O5/c1-18-15-21(35-29(37)30(10-11-30)28(36)34-20-5-3-19(31)4-6-20)7-8-24(18)40-25-9-13-33-23-17-27(39-14-12-32)26(38-2)16-22(23)25/h3-9,13,15-17H,10-12,14,32H2,1-2H3,(H,34,36)(H,35,37). The van der Waals surface area contributed by atoms with Crippen molar-refractivity contribution in [3.05, 3.63) is 78.2 Å². The molecule has 1 aromatic heterocycles. The van der Waals surface area contributed by atoms with E-state index in [9.17, 15) is 14.0 Å². The van der Waals surface area contributed by atoms with Crippen molar-refractivity contribution < 1.29 is 28.2 Å². The summed E-state index contributed by atoms with van der Waals surface area (Å²) in [6, 6.07) is 16.0. The Balaban J connectivity index is 1.30. The van der Waals surface area contributed by atoms with E-state index in [-0.39, 0.29) is 5.91 Å². The number of amides is 2. The van der Waals surface area contributed by atoms with Gasteiger partial charge in [0.25, 0.3) is 0 Å². The van der Waals surface area contributed by atoms with Gasteiger partial charge in [-0.25, -0.2) is 4.39 Å². The molecule has 9 nitrogen and oxygen atoms in total. The summed E-state index contributed by atoms with van der Waals surface area (Å²) in [5.74, 6) is 1.03. The molecule has 4 aromatic rings. The van der Waals surface area contributed by atoms with Crippen LogP contribution in [0.4, 0.5) is 15.8 Å². The van der Waals surface area contributed by atoms with Crippen molar-refractivity contribution in [1.82, 2.24) is 4.98 Å². The zero-order chi connectivity index (χ0) is 28.3. The van der Waals surface area contributed by atoms with E-state index in [2.05, 4.69) is 15.6 Å². The van der Waals surface area contributed by atoms with Crippen LogP contribution >= 0.6 is 0 Å². The van der Waals surface area contributed by atoms with Crippen LogP contribution < -0.4 is 30.6 Å². The first-order chi connectivity index (χ1) is 19.3. The van der Waals surface area contributed by atoms with Gasteiger partial charge in [0.05, 0.1) is 12.6 Å². The maximum absolute atomic E-state index is 13.2. The molecule has 40 heavy (non-hydrogen) atoms. The Morgan fingerprint density at radius 1 is 0.925 bits per heavy atom. The van der Waals surface area contributed by atoms with Crippen LogP contribution in [0.2, 0.25) is 0 Å². The number of hydrogen-bond acceptors (Lipinski definition) is 7. The molecule has 0 spiro atoms. The van der Waals surface area contributed by atoms with Crippen LogP contribution in [-0.2, 0) is 9.59 Å². The van der Waals surface area contributed by atoms with Crippen molar-refractivity contribution in [1.29, 1.82) is 0 Å². The number of nitrogens with two attached hydrogens (primary N) is 1. The zero-order valence-corrected chi connectivity index (χ0v) is 22.1. The molecule has 0 bridgehead atoms. The maximum atomic E-state index is 13.2. The second-order valence-electron chi connectivity index (χ2n) is 9.55. The largest absolute Gasteiger partial charge is 0.493 e. The first-order valence-electron chi connectivity index (χ1n) is 12.8. The van der Waals surface area contributed by atoms with Crippen LogP contribution in [0.5, 0.6) is 23.0 Å². The number of hydrogen-bond donors (Lipinski definition) is 3. The molecule has 1 fully saturated rings. The predicted molar refractivity (Wildman–Crippen MR) is 149 cm³/mol. The summed E-state index contributed by atoms with van der Waals surface area (Å²) in [5.41, 5.74) is 6.82. The number of nitrogens with one attached hydrogen (secondary N) is 2. The molecule has 2 amide bonds. The highest BCUT2D eigenvalue weighted by molar-refractivity contribution is 6.16. The molecule has 206 valence electrons. The van der Waals surface area contributed by atoms with E-state index >= 15 is 0 Å². The molecule has 3 aromatic carbocycles. The average molecular weight is 545 g/mol. The third kappa shape index (κ3) is 5.52. The number of aromatic nitrogens is 1. The summed E-state index contributed by atoms with van der Waals surface area (Å²) < 4.78 is 30.6. The number of methoxy groups -OCH3 is 1. The number of carbonyl (C=O) groups excluding carboxylic acids is 2. The minimum Gasteiger partial charge on any atom is -0.493 e. The number of carbonyl (C=O) groups is 2. The lowest BCUT2D eigenvalue weighted by atomic mass is 10.0. The zero-order valence-electron chi connectivity index (χ0n) is 22.1. The molecule has 1 saturated carbocycles. The second-order valence-corrected chi connectivity index (χ2v) is 9.55. The number of halogens is 1. The molecule has 0 atom stereocenters. The van der Waals surface area contributed by atoms with E-state index in [1.165, 1.54) is 24.3 Å². The summed E-state index contributed by atoms with van der Waals surface area (Å²) >= 11 is 0. The molecule has 5 rings (SSSR count). The number of anilines is 2. The first kappa shape index (κ1) is 26.9. The number of rotatable bonds is 10. The molecular weight excluding hydrogens is 515 g/mol. The minimum atomic E-state index is -1.15. The molecule has 1 heterocycles. The van der Waals surface area contributed by atoms with Crippen molar-refractivity contribution >= 4 is 34.1 Å². The van der Waals surface area contributed by atoms with Crippen LogP contribution in [0, 0.1) is 18.2 Å². The van der Waals surface area contributed by atoms with E-state index in [1.807, 2.05) is 6.92 Å². The summed E-state index contributed by atoms with van der Waals surface area (Å²) in [5, 5.41) is 6.30. The lowest BCUT2D eigenvalue weighted by Crippen LogP contribution is -2.35. The summed E-state index contributed by atoms with van der Waals surface area (Å²) in [7, 11) is 1.56. The Morgan fingerprint density at radius 3 is 2.27 bits per heavy atom. The van der Waals surface area contributed by atoms with Gasteiger partial charge in [-0.15, -0.1) is 0 Å². The highest BCUT2D eigenvalue weighted by Gasteiger charge is 2.56. The normalized spacial score (nSPS) is 13.4. The lowest BCUT2D eigenvalue weighted by Gasteiger charge is -2.17. The van der Waals surface area contributed by atoms with Gasteiger partial charge in [0.15, 0.2) is 11.5 Å². The number of ether oxygens (including phenoxy) is 3. The van der Waals surface area contributed by atoms with Crippen molar-refractivity contribution in [3.63, 3.8) is 0 Å². The Labute approximate surface area is 230 Å². The Morgan fingerprint density at radius 2 is 1.62 bits per heavy atom. The molecule has 0 radical (unpaired) electrons. The SMILES string of the molecule is COc1cc2c(Oc3ccc(NC(=O)C4(C(=O)Nc5ccc(F)cc5)CC4)cc3C)ccnc2cc1OCCN. The first-order valence-corrected chi connectivity index (χ1v) is 12.8. The molecule has 0 aliphatic heterocycles. The van der Waals surface area contributed by atoms with Crippen LogP contribution in [0.15, 0.2) is 66.9 Å². The van der Waals surface area contributed by atoms with Crippen LogP contribution in [0.25, 0.3) is 10.9 Å². The monoisotopic (exact) mass is 544 g/mol.